The molecule has 64 valence electrons. The van der Waals surface area contributed by atoms with Crippen molar-refractivity contribution in [3.63, 3.8) is 0 Å². The summed E-state index contributed by atoms with van der Waals surface area (Å²) in [5.74, 6) is 0.417. The minimum absolute atomic E-state index is 0.417. The lowest BCUT2D eigenvalue weighted by molar-refractivity contribution is 0.864. The standard InChI is InChI=1S/C10H12ClN/c1-7(2)8-4-3-5-10(11)9(8)6-12/h3-7,12H,1-2H3. The maximum Gasteiger partial charge on any atom is 0.0496 e. The van der Waals surface area contributed by atoms with Crippen LogP contribution in [0.15, 0.2) is 18.2 Å². The molecule has 0 saturated heterocycles. The van der Waals surface area contributed by atoms with Crippen LogP contribution in [0.2, 0.25) is 5.02 Å². The average molecular weight is 182 g/mol. The molecule has 2 heteroatoms. The summed E-state index contributed by atoms with van der Waals surface area (Å²) in [6, 6.07) is 5.75. The molecule has 1 aromatic rings. The van der Waals surface area contributed by atoms with Gasteiger partial charge in [0.25, 0.3) is 0 Å². The second kappa shape index (κ2) is 3.72. The van der Waals surface area contributed by atoms with Crippen LogP contribution in [0.25, 0.3) is 0 Å². The summed E-state index contributed by atoms with van der Waals surface area (Å²) in [5.41, 5.74) is 1.98. The van der Waals surface area contributed by atoms with Gasteiger partial charge in [0, 0.05) is 16.8 Å². The second-order valence-electron chi connectivity index (χ2n) is 3.04. The quantitative estimate of drug-likeness (QED) is 0.676. The molecule has 0 unspecified atom stereocenters. The Kier molecular flexibility index (Phi) is 2.88. The van der Waals surface area contributed by atoms with Gasteiger partial charge in [-0.25, -0.2) is 0 Å². The number of rotatable bonds is 2. The first-order valence-corrected chi connectivity index (χ1v) is 4.33. The minimum atomic E-state index is 0.417. The Morgan fingerprint density at radius 1 is 1.42 bits per heavy atom. The summed E-state index contributed by atoms with van der Waals surface area (Å²) in [5, 5.41) is 7.87. The normalized spacial score (nSPS) is 10.3. The maximum atomic E-state index is 7.21. The fourth-order valence-electron chi connectivity index (χ4n) is 1.21. The second-order valence-corrected chi connectivity index (χ2v) is 3.45. The first kappa shape index (κ1) is 9.27. The molecule has 0 atom stereocenters. The van der Waals surface area contributed by atoms with Crippen LogP contribution in [-0.2, 0) is 0 Å². The van der Waals surface area contributed by atoms with E-state index >= 15 is 0 Å². The van der Waals surface area contributed by atoms with Gasteiger partial charge in [-0.3, -0.25) is 0 Å². The summed E-state index contributed by atoms with van der Waals surface area (Å²) in [7, 11) is 0. The monoisotopic (exact) mass is 181 g/mol. The molecule has 1 rings (SSSR count). The molecule has 1 aromatic carbocycles. The van der Waals surface area contributed by atoms with E-state index in [1.54, 1.807) is 0 Å². The molecule has 0 saturated carbocycles. The van der Waals surface area contributed by atoms with Gasteiger partial charge in [-0.2, -0.15) is 0 Å². The Morgan fingerprint density at radius 3 is 2.50 bits per heavy atom. The fourth-order valence-corrected chi connectivity index (χ4v) is 1.45. The molecule has 0 aromatic heterocycles. The number of nitrogens with one attached hydrogen (secondary N) is 1. The Bertz CT molecular complexity index is 292. The molecule has 0 fully saturated rings. The van der Waals surface area contributed by atoms with Crippen molar-refractivity contribution in [2.45, 2.75) is 19.8 Å². The summed E-state index contributed by atoms with van der Waals surface area (Å²) in [6.07, 6.45) is 1.32. The van der Waals surface area contributed by atoms with Crippen molar-refractivity contribution in [1.82, 2.24) is 0 Å². The number of hydrogen-bond acceptors (Lipinski definition) is 1. The van der Waals surface area contributed by atoms with Crippen LogP contribution >= 0.6 is 11.6 Å². The zero-order valence-corrected chi connectivity index (χ0v) is 8.02. The molecule has 0 heterocycles. The zero-order chi connectivity index (χ0) is 9.14. The highest BCUT2D eigenvalue weighted by molar-refractivity contribution is 6.33. The predicted octanol–water partition coefficient (Wildman–Crippen LogP) is 3.46. The summed E-state index contributed by atoms with van der Waals surface area (Å²) >= 11 is 5.92. The van der Waals surface area contributed by atoms with Gasteiger partial charge in [0.1, 0.15) is 0 Å². The molecule has 0 aliphatic carbocycles. The molecule has 1 N–H and O–H groups in total. The van der Waals surface area contributed by atoms with Crippen LogP contribution in [0.5, 0.6) is 0 Å². The van der Waals surface area contributed by atoms with Crippen molar-refractivity contribution in [3.05, 3.63) is 34.3 Å². The van der Waals surface area contributed by atoms with E-state index in [-0.39, 0.29) is 0 Å². The van der Waals surface area contributed by atoms with Crippen LogP contribution in [0, 0.1) is 5.41 Å². The first-order chi connectivity index (χ1) is 5.66. The van der Waals surface area contributed by atoms with Crippen LogP contribution in [-0.4, -0.2) is 6.21 Å². The fraction of sp³-hybridized carbons (Fsp3) is 0.300. The molecule has 12 heavy (non-hydrogen) atoms. The van der Waals surface area contributed by atoms with Gasteiger partial charge in [0.05, 0.1) is 0 Å². The van der Waals surface area contributed by atoms with E-state index < -0.39 is 0 Å². The highest BCUT2D eigenvalue weighted by Crippen LogP contribution is 2.24. The number of halogens is 1. The Hall–Kier alpha value is -0.820. The minimum Gasteiger partial charge on any atom is -0.308 e. The van der Waals surface area contributed by atoms with Gasteiger partial charge in [0.2, 0.25) is 0 Å². The molecule has 0 radical (unpaired) electrons. The van der Waals surface area contributed by atoms with Crippen molar-refractivity contribution in [2.75, 3.05) is 0 Å². The van der Waals surface area contributed by atoms with E-state index in [0.29, 0.717) is 10.9 Å². The third-order valence-electron chi connectivity index (χ3n) is 1.85. The predicted molar refractivity (Wildman–Crippen MR) is 53.4 cm³/mol. The molecule has 0 amide bonds. The average Bonchev–Trinajstić information content (AvgIpc) is 2.03. The lowest BCUT2D eigenvalue weighted by Gasteiger charge is -2.09. The summed E-state index contributed by atoms with van der Waals surface area (Å²) in [4.78, 5) is 0. The first-order valence-electron chi connectivity index (χ1n) is 3.95. The highest BCUT2D eigenvalue weighted by Gasteiger charge is 2.06. The van der Waals surface area contributed by atoms with E-state index in [2.05, 4.69) is 13.8 Å². The molecule has 1 nitrogen and oxygen atoms in total. The molecule has 0 aliphatic rings. The van der Waals surface area contributed by atoms with E-state index in [4.69, 9.17) is 17.0 Å². The van der Waals surface area contributed by atoms with Crippen LogP contribution < -0.4 is 0 Å². The third-order valence-corrected chi connectivity index (χ3v) is 2.18. The highest BCUT2D eigenvalue weighted by atomic mass is 35.5. The molecule has 0 spiro atoms. The van der Waals surface area contributed by atoms with Gasteiger partial charge in [-0.05, 0) is 17.5 Å². The van der Waals surface area contributed by atoms with E-state index in [0.717, 1.165) is 11.1 Å². The van der Waals surface area contributed by atoms with Gasteiger partial charge in [-0.1, -0.05) is 37.6 Å². The van der Waals surface area contributed by atoms with Gasteiger partial charge >= 0.3 is 0 Å². The molecular formula is C10H12ClN. The smallest absolute Gasteiger partial charge is 0.0496 e. The van der Waals surface area contributed by atoms with Gasteiger partial charge < -0.3 is 5.41 Å². The Morgan fingerprint density at radius 2 is 2.08 bits per heavy atom. The number of hydrogen-bond donors (Lipinski definition) is 1. The lowest BCUT2D eigenvalue weighted by atomic mass is 9.98. The third kappa shape index (κ3) is 1.67. The van der Waals surface area contributed by atoms with Crippen molar-refractivity contribution in [2.24, 2.45) is 0 Å². The van der Waals surface area contributed by atoms with E-state index in [9.17, 15) is 0 Å². The summed E-state index contributed by atoms with van der Waals surface area (Å²) in [6.45, 7) is 4.19. The van der Waals surface area contributed by atoms with Crippen molar-refractivity contribution < 1.29 is 0 Å². The number of benzene rings is 1. The van der Waals surface area contributed by atoms with Crippen LogP contribution in [0.1, 0.15) is 30.9 Å². The lowest BCUT2D eigenvalue weighted by Crippen LogP contribution is -1.95. The molecule has 0 aliphatic heterocycles. The van der Waals surface area contributed by atoms with E-state index in [1.807, 2.05) is 18.2 Å². The van der Waals surface area contributed by atoms with Crippen LogP contribution in [0.4, 0.5) is 0 Å². The van der Waals surface area contributed by atoms with Crippen LogP contribution in [0.3, 0.4) is 0 Å². The van der Waals surface area contributed by atoms with Gasteiger partial charge in [-0.15, -0.1) is 0 Å². The molecule has 0 bridgehead atoms. The summed E-state index contributed by atoms with van der Waals surface area (Å²) < 4.78 is 0. The van der Waals surface area contributed by atoms with Gasteiger partial charge in [0.15, 0.2) is 0 Å². The zero-order valence-electron chi connectivity index (χ0n) is 7.26. The SMILES string of the molecule is CC(C)c1cccc(Cl)c1C=N. The molecular weight excluding hydrogens is 170 g/mol. The largest absolute Gasteiger partial charge is 0.308 e. The van der Waals surface area contributed by atoms with Crippen molar-refractivity contribution >= 4 is 17.8 Å². The van der Waals surface area contributed by atoms with Crippen molar-refractivity contribution in [1.29, 1.82) is 5.41 Å². The van der Waals surface area contributed by atoms with E-state index in [1.165, 1.54) is 6.21 Å². The Balaban J connectivity index is 3.27. The Labute approximate surface area is 77.9 Å². The maximum absolute atomic E-state index is 7.21. The van der Waals surface area contributed by atoms with Crippen molar-refractivity contribution in [3.8, 4) is 0 Å². The topological polar surface area (TPSA) is 23.9 Å².